The van der Waals surface area contributed by atoms with Gasteiger partial charge in [0.15, 0.2) is 11.5 Å². The maximum Gasteiger partial charge on any atom is 0.165 e. The van der Waals surface area contributed by atoms with Crippen LogP contribution in [0.3, 0.4) is 0 Å². The quantitative estimate of drug-likeness (QED) is 0.750. The van der Waals surface area contributed by atoms with Crippen LogP contribution in [0.25, 0.3) is 11.2 Å². The molecule has 20 heavy (non-hydrogen) atoms. The van der Waals surface area contributed by atoms with E-state index in [4.69, 9.17) is 5.73 Å². The molecule has 0 unspecified atom stereocenters. The van der Waals surface area contributed by atoms with Gasteiger partial charge in [0.2, 0.25) is 0 Å². The molecule has 8 heteroatoms. The topological polar surface area (TPSA) is 100 Å². The van der Waals surface area contributed by atoms with Crippen molar-refractivity contribution in [3.63, 3.8) is 0 Å². The Morgan fingerprint density at radius 3 is 2.75 bits per heavy atom. The first-order valence-corrected chi connectivity index (χ1v) is 6.44. The fourth-order valence-corrected chi connectivity index (χ4v) is 2.23. The molecule has 3 aromatic rings. The molecule has 104 valence electrons. The summed E-state index contributed by atoms with van der Waals surface area (Å²) in [6.45, 7) is 5.46. The third-order valence-corrected chi connectivity index (χ3v) is 3.16. The lowest BCUT2D eigenvalue weighted by atomic mass is 10.4. The highest BCUT2D eigenvalue weighted by Gasteiger charge is 2.08. The normalized spacial score (nSPS) is 11.3. The van der Waals surface area contributed by atoms with Crippen LogP contribution in [0.15, 0.2) is 12.7 Å². The van der Waals surface area contributed by atoms with Gasteiger partial charge in [0, 0.05) is 13.1 Å². The maximum absolute atomic E-state index is 5.76. The summed E-state index contributed by atoms with van der Waals surface area (Å²) in [6, 6.07) is 0. The van der Waals surface area contributed by atoms with Crippen molar-refractivity contribution in [1.82, 2.24) is 34.3 Å². The van der Waals surface area contributed by atoms with Crippen molar-refractivity contribution in [2.45, 2.75) is 33.4 Å². The number of rotatable bonds is 4. The van der Waals surface area contributed by atoms with Gasteiger partial charge in [-0.2, -0.15) is 5.10 Å². The van der Waals surface area contributed by atoms with Crippen LogP contribution in [-0.2, 0) is 13.1 Å². The first-order valence-electron chi connectivity index (χ1n) is 6.44. The molecule has 0 aliphatic heterocycles. The van der Waals surface area contributed by atoms with Gasteiger partial charge >= 0.3 is 0 Å². The first kappa shape index (κ1) is 12.5. The molecule has 3 rings (SSSR count). The number of nitrogen functional groups attached to an aromatic ring is 1. The van der Waals surface area contributed by atoms with Crippen molar-refractivity contribution in [2.24, 2.45) is 0 Å². The van der Waals surface area contributed by atoms with Crippen LogP contribution in [0.2, 0.25) is 0 Å². The smallest absolute Gasteiger partial charge is 0.165 e. The van der Waals surface area contributed by atoms with E-state index in [0.717, 1.165) is 36.8 Å². The Morgan fingerprint density at radius 1 is 1.15 bits per heavy atom. The highest BCUT2D eigenvalue weighted by atomic mass is 15.3. The summed E-state index contributed by atoms with van der Waals surface area (Å²) < 4.78 is 3.89. The van der Waals surface area contributed by atoms with Gasteiger partial charge in [-0.15, -0.1) is 0 Å². The van der Waals surface area contributed by atoms with Crippen LogP contribution in [0, 0.1) is 13.8 Å². The Hall–Kier alpha value is -2.51. The van der Waals surface area contributed by atoms with Gasteiger partial charge in [-0.1, -0.05) is 0 Å². The average Bonchev–Trinajstić information content (AvgIpc) is 2.95. The SMILES string of the molecule is Cc1nc(C)n(CCCn2cnc3c(N)ncnc32)n1. The zero-order chi connectivity index (χ0) is 14.1. The second-order valence-corrected chi connectivity index (χ2v) is 4.65. The number of fused-ring (bicyclic) bond motifs is 1. The molecule has 0 aliphatic rings. The lowest BCUT2D eigenvalue weighted by molar-refractivity contribution is 0.518. The van der Waals surface area contributed by atoms with Crippen LogP contribution in [0.1, 0.15) is 18.1 Å². The highest BCUT2D eigenvalue weighted by Crippen LogP contribution is 2.14. The number of hydrogen-bond donors (Lipinski definition) is 1. The molecule has 2 N–H and O–H groups in total. The van der Waals surface area contributed by atoms with Crippen LogP contribution < -0.4 is 5.73 Å². The van der Waals surface area contributed by atoms with Gasteiger partial charge in [0.05, 0.1) is 6.33 Å². The predicted octanol–water partition coefficient (Wildman–Crippen LogP) is 0.707. The molecule has 0 radical (unpaired) electrons. The number of aryl methyl sites for hydroxylation is 4. The minimum absolute atomic E-state index is 0.413. The molecule has 0 bridgehead atoms. The van der Waals surface area contributed by atoms with E-state index in [1.54, 1.807) is 6.33 Å². The Morgan fingerprint density at radius 2 is 2.00 bits per heavy atom. The van der Waals surface area contributed by atoms with Crippen molar-refractivity contribution in [3.8, 4) is 0 Å². The minimum atomic E-state index is 0.413. The van der Waals surface area contributed by atoms with Crippen molar-refractivity contribution >= 4 is 17.0 Å². The summed E-state index contributed by atoms with van der Waals surface area (Å²) in [7, 11) is 0. The summed E-state index contributed by atoms with van der Waals surface area (Å²) in [4.78, 5) is 16.7. The van der Waals surface area contributed by atoms with Gasteiger partial charge < -0.3 is 10.3 Å². The zero-order valence-corrected chi connectivity index (χ0v) is 11.5. The van der Waals surface area contributed by atoms with Gasteiger partial charge in [-0.25, -0.2) is 19.9 Å². The first-order chi connectivity index (χ1) is 9.65. The van der Waals surface area contributed by atoms with Crippen LogP contribution in [0.4, 0.5) is 5.82 Å². The lowest BCUT2D eigenvalue weighted by Gasteiger charge is -2.05. The van der Waals surface area contributed by atoms with Crippen LogP contribution in [-0.4, -0.2) is 34.3 Å². The average molecular weight is 272 g/mol. The molecule has 0 spiro atoms. The number of nitrogens with two attached hydrogens (primary N) is 1. The summed E-state index contributed by atoms with van der Waals surface area (Å²) >= 11 is 0. The Bertz CT molecular complexity index is 741. The number of anilines is 1. The standard InChI is InChI=1S/C12H16N8/c1-8-17-9(2)20(18-8)5-3-4-19-7-16-10-11(13)14-6-15-12(10)19/h6-7H,3-5H2,1-2H3,(H2,13,14,15). The van der Waals surface area contributed by atoms with Crippen LogP contribution >= 0.6 is 0 Å². The zero-order valence-electron chi connectivity index (χ0n) is 11.5. The van der Waals surface area contributed by atoms with Gasteiger partial charge in [0.1, 0.15) is 23.5 Å². The van der Waals surface area contributed by atoms with E-state index < -0.39 is 0 Å². The summed E-state index contributed by atoms with van der Waals surface area (Å²) in [5, 5.41) is 4.34. The monoisotopic (exact) mass is 272 g/mol. The van der Waals surface area contributed by atoms with Crippen molar-refractivity contribution < 1.29 is 0 Å². The Kier molecular flexibility index (Phi) is 3.05. The van der Waals surface area contributed by atoms with Crippen molar-refractivity contribution in [3.05, 3.63) is 24.3 Å². The third kappa shape index (κ3) is 2.20. The van der Waals surface area contributed by atoms with Crippen molar-refractivity contribution in [2.75, 3.05) is 5.73 Å². The largest absolute Gasteiger partial charge is 0.382 e. The Balaban J connectivity index is 1.71. The van der Waals surface area contributed by atoms with Crippen molar-refractivity contribution in [1.29, 1.82) is 0 Å². The minimum Gasteiger partial charge on any atom is -0.382 e. The van der Waals surface area contributed by atoms with E-state index >= 15 is 0 Å². The molecular formula is C12H16N8. The van der Waals surface area contributed by atoms with Crippen LogP contribution in [0.5, 0.6) is 0 Å². The number of hydrogen-bond acceptors (Lipinski definition) is 6. The molecule has 0 saturated carbocycles. The fraction of sp³-hybridized carbons (Fsp3) is 0.417. The molecule has 0 aliphatic carbocycles. The molecule has 0 amide bonds. The van der Waals surface area contributed by atoms with E-state index in [1.165, 1.54) is 6.33 Å². The van der Waals surface area contributed by atoms with E-state index in [0.29, 0.717) is 11.3 Å². The number of nitrogens with zero attached hydrogens (tertiary/aromatic N) is 7. The molecule has 3 aromatic heterocycles. The van der Waals surface area contributed by atoms with E-state index in [1.807, 2.05) is 23.1 Å². The number of aromatic nitrogens is 7. The maximum atomic E-state index is 5.76. The van der Waals surface area contributed by atoms with Gasteiger partial charge in [-0.05, 0) is 20.3 Å². The van der Waals surface area contributed by atoms with Gasteiger partial charge in [0.25, 0.3) is 0 Å². The summed E-state index contributed by atoms with van der Waals surface area (Å²) in [6.07, 6.45) is 4.12. The summed E-state index contributed by atoms with van der Waals surface area (Å²) in [5.41, 5.74) is 7.18. The molecule has 0 saturated heterocycles. The van der Waals surface area contributed by atoms with E-state index in [9.17, 15) is 0 Å². The third-order valence-electron chi connectivity index (χ3n) is 3.16. The predicted molar refractivity (Wildman–Crippen MR) is 73.8 cm³/mol. The highest BCUT2D eigenvalue weighted by molar-refractivity contribution is 5.80. The number of imidazole rings is 1. The fourth-order valence-electron chi connectivity index (χ4n) is 2.23. The lowest BCUT2D eigenvalue weighted by Crippen LogP contribution is -2.07. The summed E-state index contributed by atoms with van der Waals surface area (Å²) in [5.74, 6) is 2.15. The molecule has 3 heterocycles. The van der Waals surface area contributed by atoms with E-state index in [-0.39, 0.29) is 0 Å². The van der Waals surface area contributed by atoms with E-state index in [2.05, 4.69) is 25.0 Å². The Labute approximate surface area is 115 Å². The molecule has 0 fully saturated rings. The molecule has 0 aromatic carbocycles. The molecule has 0 atom stereocenters. The molecular weight excluding hydrogens is 256 g/mol. The second-order valence-electron chi connectivity index (χ2n) is 4.65. The van der Waals surface area contributed by atoms with Gasteiger partial charge in [-0.3, -0.25) is 4.68 Å². The molecule has 8 nitrogen and oxygen atoms in total. The second kappa shape index (κ2) is 4.87.